The lowest BCUT2D eigenvalue weighted by molar-refractivity contribution is -0.117. The molecule has 1 aromatic carbocycles. The smallest absolute Gasteiger partial charge is 0.234 e. The zero-order valence-electron chi connectivity index (χ0n) is 9.49. The topological polar surface area (TPSA) is 64.3 Å². The minimum atomic E-state index is -0.495. The van der Waals surface area contributed by atoms with Crippen molar-refractivity contribution in [3.63, 3.8) is 0 Å². The van der Waals surface area contributed by atoms with Crippen molar-refractivity contribution in [3.8, 4) is 5.75 Å². The summed E-state index contributed by atoms with van der Waals surface area (Å²) in [7, 11) is 1.58. The molecule has 92 valence electrons. The fraction of sp³-hybridized carbons (Fsp3) is 0.273. The first-order valence-electron chi connectivity index (χ1n) is 4.89. The summed E-state index contributed by atoms with van der Waals surface area (Å²) in [4.78, 5) is 11.9. The first-order chi connectivity index (χ1) is 7.95. The Morgan fingerprint density at radius 3 is 2.71 bits per heavy atom. The van der Waals surface area contributed by atoms with E-state index in [-0.39, 0.29) is 10.9 Å². The monoisotopic (exact) mass is 316 g/mol. The van der Waals surface area contributed by atoms with Gasteiger partial charge in [-0.15, -0.1) is 0 Å². The second-order valence-electron chi connectivity index (χ2n) is 3.46. The maximum absolute atomic E-state index is 11.7. The van der Waals surface area contributed by atoms with Gasteiger partial charge in [-0.1, -0.05) is 12.2 Å². The predicted octanol–water partition coefficient (Wildman–Crippen LogP) is 2.32. The summed E-state index contributed by atoms with van der Waals surface area (Å²) < 4.78 is 5.85. The number of methoxy groups -OCH3 is 1. The largest absolute Gasteiger partial charge is 0.496 e. The summed E-state index contributed by atoms with van der Waals surface area (Å²) in [6.07, 6.45) is 0. The van der Waals surface area contributed by atoms with E-state index in [1.54, 1.807) is 32.2 Å². The number of carbonyl (C=O) groups is 1. The van der Waals surface area contributed by atoms with Crippen LogP contribution in [0.2, 0.25) is 0 Å². The van der Waals surface area contributed by atoms with Gasteiger partial charge in [-0.05, 0) is 41.1 Å². The summed E-state index contributed by atoms with van der Waals surface area (Å²) in [5, 5.41) is 2.72. The molecule has 6 heteroatoms. The number of ether oxygens (including phenoxy) is 1. The van der Waals surface area contributed by atoms with E-state index in [1.807, 2.05) is 0 Å². The highest BCUT2D eigenvalue weighted by molar-refractivity contribution is 9.10. The molecule has 0 bridgehead atoms. The molecule has 0 aromatic heterocycles. The van der Waals surface area contributed by atoms with Crippen LogP contribution in [-0.4, -0.2) is 18.0 Å². The van der Waals surface area contributed by atoms with Crippen LogP contribution in [0.5, 0.6) is 5.75 Å². The Hall–Kier alpha value is -1.14. The minimum Gasteiger partial charge on any atom is -0.496 e. The Labute approximate surface area is 114 Å². The number of benzene rings is 1. The Kier molecular flexibility index (Phi) is 4.89. The van der Waals surface area contributed by atoms with Gasteiger partial charge in [0.1, 0.15) is 5.75 Å². The highest BCUT2D eigenvalue weighted by Gasteiger charge is 2.15. The van der Waals surface area contributed by atoms with Crippen LogP contribution >= 0.6 is 28.1 Å². The first-order valence-corrected chi connectivity index (χ1v) is 6.09. The maximum Gasteiger partial charge on any atom is 0.234 e. The van der Waals surface area contributed by atoms with Crippen LogP contribution in [0.4, 0.5) is 5.69 Å². The number of amides is 1. The molecule has 1 atom stereocenters. The lowest BCUT2D eigenvalue weighted by Gasteiger charge is -2.11. The van der Waals surface area contributed by atoms with E-state index in [9.17, 15) is 4.79 Å². The van der Waals surface area contributed by atoms with Crippen LogP contribution in [0.15, 0.2) is 22.7 Å². The molecule has 1 unspecified atom stereocenters. The number of halogens is 1. The van der Waals surface area contributed by atoms with E-state index >= 15 is 0 Å². The number of anilines is 1. The van der Waals surface area contributed by atoms with Gasteiger partial charge in [0, 0.05) is 5.69 Å². The second kappa shape index (κ2) is 5.97. The molecule has 1 aromatic rings. The number of thiocarbonyl (C=S) groups is 1. The van der Waals surface area contributed by atoms with Crippen LogP contribution in [-0.2, 0) is 4.79 Å². The van der Waals surface area contributed by atoms with Crippen molar-refractivity contribution in [2.24, 2.45) is 11.7 Å². The Bertz CT molecular complexity index is 451. The average Bonchev–Trinajstić information content (AvgIpc) is 2.28. The molecule has 1 rings (SSSR count). The fourth-order valence-electron chi connectivity index (χ4n) is 1.12. The lowest BCUT2D eigenvalue weighted by Crippen LogP contribution is -2.30. The summed E-state index contributed by atoms with van der Waals surface area (Å²) in [6, 6.07) is 5.25. The third kappa shape index (κ3) is 3.67. The number of nitrogens with two attached hydrogens (primary N) is 1. The zero-order valence-corrected chi connectivity index (χ0v) is 11.9. The van der Waals surface area contributed by atoms with E-state index in [0.29, 0.717) is 11.4 Å². The van der Waals surface area contributed by atoms with Crippen LogP contribution in [0.3, 0.4) is 0 Å². The molecule has 17 heavy (non-hydrogen) atoms. The van der Waals surface area contributed by atoms with Crippen molar-refractivity contribution in [2.75, 3.05) is 12.4 Å². The third-order valence-corrected chi connectivity index (χ3v) is 3.21. The highest BCUT2D eigenvalue weighted by Crippen LogP contribution is 2.27. The number of hydrogen-bond acceptors (Lipinski definition) is 3. The van der Waals surface area contributed by atoms with Gasteiger partial charge in [-0.2, -0.15) is 0 Å². The van der Waals surface area contributed by atoms with Gasteiger partial charge in [0.2, 0.25) is 5.91 Å². The molecule has 4 nitrogen and oxygen atoms in total. The first kappa shape index (κ1) is 13.9. The van der Waals surface area contributed by atoms with Gasteiger partial charge in [0.25, 0.3) is 0 Å². The van der Waals surface area contributed by atoms with Crippen LogP contribution in [0.1, 0.15) is 6.92 Å². The van der Waals surface area contributed by atoms with Gasteiger partial charge in [-0.3, -0.25) is 4.79 Å². The molecular formula is C11H13BrN2O2S. The molecule has 3 N–H and O–H groups in total. The number of hydrogen-bond donors (Lipinski definition) is 2. The van der Waals surface area contributed by atoms with Crippen molar-refractivity contribution in [2.45, 2.75) is 6.92 Å². The van der Waals surface area contributed by atoms with Crippen molar-refractivity contribution >= 4 is 44.7 Å². The maximum atomic E-state index is 11.7. The Morgan fingerprint density at radius 2 is 2.24 bits per heavy atom. The van der Waals surface area contributed by atoms with E-state index in [0.717, 1.165) is 4.47 Å². The summed E-state index contributed by atoms with van der Waals surface area (Å²) >= 11 is 8.10. The van der Waals surface area contributed by atoms with Crippen LogP contribution in [0.25, 0.3) is 0 Å². The summed E-state index contributed by atoms with van der Waals surface area (Å²) in [5.74, 6) is -0.0224. The van der Waals surface area contributed by atoms with Crippen molar-refractivity contribution in [3.05, 3.63) is 22.7 Å². The predicted molar refractivity (Wildman–Crippen MR) is 75.3 cm³/mol. The molecule has 1 amide bonds. The molecular weight excluding hydrogens is 304 g/mol. The van der Waals surface area contributed by atoms with E-state index in [2.05, 4.69) is 21.2 Å². The quantitative estimate of drug-likeness (QED) is 0.837. The number of carbonyl (C=O) groups excluding carboxylic acids is 1. The SMILES string of the molecule is COc1ccc(NC(=O)C(C)C(N)=S)cc1Br. The van der Waals surface area contributed by atoms with Crippen molar-refractivity contribution in [1.82, 2.24) is 0 Å². The second-order valence-corrected chi connectivity index (χ2v) is 4.79. The Morgan fingerprint density at radius 1 is 1.59 bits per heavy atom. The normalized spacial score (nSPS) is 11.7. The van der Waals surface area contributed by atoms with E-state index in [4.69, 9.17) is 22.7 Å². The summed E-state index contributed by atoms with van der Waals surface area (Å²) in [6.45, 7) is 1.66. The number of rotatable bonds is 4. The molecule has 0 aliphatic carbocycles. The van der Waals surface area contributed by atoms with Crippen LogP contribution < -0.4 is 15.8 Å². The molecule has 0 spiro atoms. The molecule has 0 radical (unpaired) electrons. The van der Waals surface area contributed by atoms with Crippen molar-refractivity contribution in [1.29, 1.82) is 0 Å². The molecule has 0 heterocycles. The van der Waals surface area contributed by atoms with Gasteiger partial charge in [0.15, 0.2) is 0 Å². The standard InChI is InChI=1S/C11H13BrN2O2S/c1-6(10(13)17)11(15)14-7-3-4-9(16-2)8(12)5-7/h3-6H,1-2H3,(H2,13,17)(H,14,15). The van der Waals surface area contributed by atoms with Crippen molar-refractivity contribution < 1.29 is 9.53 Å². The van der Waals surface area contributed by atoms with E-state index < -0.39 is 5.92 Å². The molecule has 0 fully saturated rings. The van der Waals surface area contributed by atoms with Crippen LogP contribution in [0, 0.1) is 5.92 Å². The van der Waals surface area contributed by atoms with Gasteiger partial charge in [-0.25, -0.2) is 0 Å². The van der Waals surface area contributed by atoms with Gasteiger partial charge in [0.05, 0.1) is 22.5 Å². The molecule has 0 aliphatic rings. The lowest BCUT2D eigenvalue weighted by atomic mass is 10.1. The molecule has 0 saturated heterocycles. The highest BCUT2D eigenvalue weighted by atomic mass is 79.9. The molecule has 0 saturated carbocycles. The molecule has 0 aliphatic heterocycles. The fourth-order valence-corrected chi connectivity index (χ4v) is 1.77. The third-order valence-electron chi connectivity index (χ3n) is 2.24. The Balaban J connectivity index is 2.79. The van der Waals surface area contributed by atoms with Gasteiger partial charge < -0.3 is 15.8 Å². The number of nitrogens with one attached hydrogen (secondary N) is 1. The summed E-state index contributed by atoms with van der Waals surface area (Å²) in [5.41, 5.74) is 6.07. The average molecular weight is 317 g/mol. The van der Waals surface area contributed by atoms with E-state index in [1.165, 1.54) is 0 Å². The minimum absolute atomic E-state index is 0.176. The zero-order chi connectivity index (χ0) is 13.0. The van der Waals surface area contributed by atoms with Gasteiger partial charge >= 0.3 is 0 Å².